The van der Waals surface area contributed by atoms with E-state index in [1.165, 1.54) is 12.5 Å². The van der Waals surface area contributed by atoms with E-state index in [2.05, 4.69) is 15.3 Å². The second-order valence-electron chi connectivity index (χ2n) is 6.14. The van der Waals surface area contributed by atoms with Crippen molar-refractivity contribution in [2.45, 2.75) is 20.3 Å². The van der Waals surface area contributed by atoms with Crippen molar-refractivity contribution in [1.82, 2.24) is 9.97 Å². The molecule has 0 bridgehead atoms. The predicted octanol–water partition coefficient (Wildman–Crippen LogP) is 4.44. The van der Waals surface area contributed by atoms with Crippen LogP contribution in [0.15, 0.2) is 42.7 Å². The van der Waals surface area contributed by atoms with Crippen molar-refractivity contribution in [3.63, 3.8) is 0 Å². The molecule has 1 aromatic heterocycles. The highest BCUT2D eigenvalue weighted by molar-refractivity contribution is 5.95. The zero-order valence-corrected chi connectivity index (χ0v) is 14.9. The molecule has 3 N–H and O–H groups in total. The standard InChI is InChI=1S/C20H22N4O2/c1-3-14(10-21)11-26-18-6-4-5-16-19(18)20(23-12-22-16)24-15-7-8-17(25)13(2)9-15/h4-10,12,14,21,25H,3,11H2,1-2H3,(H,22,23,24)/t14-/m1/s1. The Bertz CT molecular complexity index is 922. The van der Waals surface area contributed by atoms with E-state index in [4.69, 9.17) is 10.1 Å². The summed E-state index contributed by atoms with van der Waals surface area (Å²) in [5, 5.41) is 21.2. The highest BCUT2D eigenvalue weighted by Gasteiger charge is 2.12. The normalized spacial score (nSPS) is 11.9. The molecule has 0 radical (unpaired) electrons. The Hall–Kier alpha value is -3.15. The van der Waals surface area contributed by atoms with Crippen LogP contribution in [0.4, 0.5) is 11.5 Å². The lowest BCUT2D eigenvalue weighted by atomic mass is 10.1. The summed E-state index contributed by atoms with van der Waals surface area (Å²) in [7, 11) is 0. The van der Waals surface area contributed by atoms with Crippen LogP contribution in [0.5, 0.6) is 11.5 Å². The number of phenolic OH excluding ortho intramolecular Hbond substituents is 1. The SMILES string of the molecule is CC[C@H](C=N)COc1cccc2ncnc(Nc3ccc(O)c(C)c3)c12. The summed E-state index contributed by atoms with van der Waals surface area (Å²) in [6.07, 6.45) is 3.77. The number of aryl methyl sites for hydroxylation is 1. The molecule has 3 aromatic rings. The lowest BCUT2D eigenvalue weighted by Gasteiger charge is -2.15. The van der Waals surface area contributed by atoms with Gasteiger partial charge in [0.05, 0.1) is 17.5 Å². The van der Waals surface area contributed by atoms with Crippen LogP contribution in [0.2, 0.25) is 0 Å². The summed E-state index contributed by atoms with van der Waals surface area (Å²) < 4.78 is 5.97. The van der Waals surface area contributed by atoms with Crippen molar-refractivity contribution in [3.8, 4) is 11.5 Å². The van der Waals surface area contributed by atoms with Gasteiger partial charge in [0, 0.05) is 17.8 Å². The van der Waals surface area contributed by atoms with Crippen molar-refractivity contribution in [2.75, 3.05) is 11.9 Å². The van der Waals surface area contributed by atoms with Gasteiger partial charge in [-0.05, 0) is 49.2 Å². The predicted molar refractivity (Wildman–Crippen MR) is 104 cm³/mol. The third kappa shape index (κ3) is 3.74. The van der Waals surface area contributed by atoms with Gasteiger partial charge in [0.25, 0.3) is 0 Å². The Morgan fingerprint density at radius 2 is 2.12 bits per heavy atom. The van der Waals surface area contributed by atoms with E-state index in [9.17, 15) is 5.11 Å². The van der Waals surface area contributed by atoms with Crippen LogP contribution in [0.25, 0.3) is 10.9 Å². The van der Waals surface area contributed by atoms with Crippen LogP contribution in [0.3, 0.4) is 0 Å². The molecule has 6 nitrogen and oxygen atoms in total. The van der Waals surface area contributed by atoms with Gasteiger partial charge in [0.1, 0.15) is 23.6 Å². The summed E-state index contributed by atoms with van der Waals surface area (Å²) in [5.41, 5.74) is 2.38. The number of aromatic hydroxyl groups is 1. The van der Waals surface area contributed by atoms with Gasteiger partial charge in [-0.1, -0.05) is 13.0 Å². The molecule has 0 saturated heterocycles. The fourth-order valence-corrected chi connectivity index (χ4v) is 2.64. The Morgan fingerprint density at radius 1 is 1.27 bits per heavy atom. The molecule has 3 rings (SSSR count). The van der Waals surface area contributed by atoms with Crippen LogP contribution in [0.1, 0.15) is 18.9 Å². The molecule has 1 atom stereocenters. The number of ether oxygens (including phenoxy) is 1. The van der Waals surface area contributed by atoms with Crippen LogP contribution >= 0.6 is 0 Å². The van der Waals surface area contributed by atoms with Gasteiger partial charge < -0.3 is 20.6 Å². The molecular formula is C20H22N4O2. The number of benzene rings is 2. The monoisotopic (exact) mass is 350 g/mol. The van der Waals surface area contributed by atoms with E-state index in [1.807, 2.05) is 38.1 Å². The van der Waals surface area contributed by atoms with Crippen molar-refractivity contribution >= 4 is 28.6 Å². The van der Waals surface area contributed by atoms with Gasteiger partial charge in [0.15, 0.2) is 0 Å². The van der Waals surface area contributed by atoms with Crippen LogP contribution in [-0.4, -0.2) is 27.9 Å². The van der Waals surface area contributed by atoms with E-state index < -0.39 is 0 Å². The smallest absolute Gasteiger partial charge is 0.145 e. The van der Waals surface area contributed by atoms with Gasteiger partial charge in [-0.2, -0.15) is 0 Å². The molecule has 2 aromatic carbocycles. The molecule has 0 spiro atoms. The minimum absolute atomic E-state index is 0.0750. The van der Waals surface area contributed by atoms with Gasteiger partial charge in [-0.15, -0.1) is 0 Å². The van der Waals surface area contributed by atoms with E-state index >= 15 is 0 Å². The number of rotatable bonds is 7. The number of nitrogens with one attached hydrogen (secondary N) is 2. The molecule has 0 unspecified atom stereocenters. The first-order valence-electron chi connectivity index (χ1n) is 8.56. The van der Waals surface area contributed by atoms with E-state index in [1.54, 1.807) is 12.1 Å². The summed E-state index contributed by atoms with van der Waals surface area (Å²) in [6.45, 7) is 4.31. The van der Waals surface area contributed by atoms with Crippen LogP contribution in [-0.2, 0) is 0 Å². The molecule has 134 valence electrons. The maximum Gasteiger partial charge on any atom is 0.145 e. The molecule has 0 amide bonds. The second-order valence-corrected chi connectivity index (χ2v) is 6.14. The van der Waals surface area contributed by atoms with E-state index in [-0.39, 0.29) is 11.7 Å². The summed E-state index contributed by atoms with van der Waals surface area (Å²) in [4.78, 5) is 8.70. The second kappa shape index (κ2) is 7.82. The fraction of sp³-hybridized carbons (Fsp3) is 0.250. The number of fused-ring (bicyclic) bond motifs is 1. The molecule has 0 aliphatic heterocycles. The maximum absolute atomic E-state index is 9.70. The highest BCUT2D eigenvalue weighted by Crippen LogP contribution is 2.32. The van der Waals surface area contributed by atoms with Crippen LogP contribution < -0.4 is 10.1 Å². The zero-order valence-electron chi connectivity index (χ0n) is 14.9. The minimum Gasteiger partial charge on any atom is -0.508 e. The number of hydrogen-bond donors (Lipinski definition) is 3. The topological polar surface area (TPSA) is 91.1 Å². The quantitative estimate of drug-likeness (QED) is 0.433. The molecule has 0 saturated carbocycles. The Balaban J connectivity index is 1.97. The first-order valence-corrected chi connectivity index (χ1v) is 8.56. The van der Waals surface area contributed by atoms with Gasteiger partial charge in [0.2, 0.25) is 0 Å². The summed E-state index contributed by atoms with van der Waals surface area (Å²) in [5.74, 6) is 1.65. The molecule has 26 heavy (non-hydrogen) atoms. The Kier molecular flexibility index (Phi) is 5.31. The molecular weight excluding hydrogens is 328 g/mol. The van der Waals surface area contributed by atoms with Gasteiger partial charge >= 0.3 is 0 Å². The van der Waals surface area contributed by atoms with Crippen molar-refractivity contribution < 1.29 is 9.84 Å². The average molecular weight is 350 g/mol. The average Bonchev–Trinajstić information content (AvgIpc) is 2.66. The number of hydrogen-bond acceptors (Lipinski definition) is 6. The van der Waals surface area contributed by atoms with E-state index in [0.717, 1.165) is 28.6 Å². The number of nitrogens with zero attached hydrogens (tertiary/aromatic N) is 2. The fourth-order valence-electron chi connectivity index (χ4n) is 2.64. The van der Waals surface area contributed by atoms with E-state index in [0.29, 0.717) is 18.2 Å². The third-order valence-electron chi connectivity index (χ3n) is 4.30. The van der Waals surface area contributed by atoms with Crippen LogP contribution in [0, 0.1) is 18.3 Å². The molecule has 0 fully saturated rings. The largest absolute Gasteiger partial charge is 0.508 e. The molecule has 6 heteroatoms. The lowest BCUT2D eigenvalue weighted by Crippen LogP contribution is -2.12. The number of aromatic nitrogens is 2. The maximum atomic E-state index is 9.70. The Labute approximate surface area is 152 Å². The van der Waals surface area contributed by atoms with Gasteiger partial charge in [-0.3, -0.25) is 0 Å². The third-order valence-corrected chi connectivity index (χ3v) is 4.30. The van der Waals surface area contributed by atoms with Crippen molar-refractivity contribution in [1.29, 1.82) is 5.41 Å². The zero-order chi connectivity index (χ0) is 18.5. The first kappa shape index (κ1) is 17.7. The molecule has 0 aliphatic rings. The molecule has 1 heterocycles. The summed E-state index contributed by atoms with van der Waals surface area (Å²) in [6, 6.07) is 11.0. The highest BCUT2D eigenvalue weighted by atomic mass is 16.5. The summed E-state index contributed by atoms with van der Waals surface area (Å²) >= 11 is 0. The van der Waals surface area contributed by atoms with Crippen molar-refractivity contribution in [2.24, 2.45) is 5.92 Å². The van der Waals surface area contributed by atoms with Gasteiger partial charge in [-0.25, -0.2) is 9.97 Å². The Morgan fingerprint density at radius 3 is 2.85 bits per heavy atom. The first-order chi connectivity index (χ1) is 12.6. The van der Waals surface area contributed by atoms with Crippen molar-refractivity contribution in [3.05, 3.63) is 48.3 Å². The number of phenols is 1. The minimum atomic E-state index is 0.0750. The molecule has 0 aliphatic carbocycles. The number of anilines is 2. The lowest BCUT2D eigenvalue weighted by molar-refractivity contribution is 0.286.